The number of carbonyl (C=O) groups excluding carboxylic acids is 1. The van der Waals surface area contributed by atoms with Gasteiger partial charge in [0.1, 0.15) is 5.78 Å². The van der Waals surface area contributed by atoms with Crippen molar-refractivity contribution in [2.75, 3.05) is 24.6 Å². The Labute approximate surface area is 90.4 Å². The zero-order valence-electron chi connectivity index (χ0n) is 8.71. The van der Waals surface area contributed by atoms with E-state index in [1.54, 1.807) is 0 Å². The third-order valence-electron chi connectivity index (χ3n) is 3.26. The van der Waals surface area contributed by atoms with Gasteiger partial charge in [-0.25, -0.2) is 0 Å². The van der Waals surface area contributed by atoms with Crippen LogP contribution in [0.5, 0.6) is 0 Å². The Hall–Kier alpha value is -0.0200. The summed E-state index contributed by atoms with van der Waals surface area (Å²) in [4.78, 5) is 14.3. The molecule has 80 valence electrons. The average molecular weight is 213 g/mol. The fraction of sp³-hybridized carbons (Fsp3) is 0.909. The molecule has 14 heavy (non-hydrogen) atoms. The Bertz CT molecular complexity index is 201. The molecule has 1 saturated carbocycles. The van der Waals surface area contributed by atoms with E-state index in [9.17, 15) is 4.79 Å². The number of hydrogen-bond donors (Lipinski definition) is 0. The van der Waals surface area contributed by atoms with Crippen molar-refractivity contribution in [3.63, 3.8) is 0 Å². The fourth-order valence-corrected chi connectivity index (χ4v) is 3.35. The van der Waals surface area contributed by atoms with Crippen LogP contribution in [0, 0.1) is 0 Å². The number of Topliss-reactive ketones (excluding diaryl/α,β-unsaturated/α-hetero) is 1. The van der Waals surface area contributed by atoms with Gasteiger partial charge in [0, 0.05) is 31.0 Å². The molecule has 0 N–H and O–H groups in total. The Balaban J connectivity index is 1.95. The number of thioether (sulfide) groups is 1. The minimum Gasteiger partial charge on any atom is -0.298 e. The molecule has 2 aliphatic rings. The fourth-order valence-electron chi connectivity index (χ4n) is 2.42. The van der Waals surface area contributed by atoms with Crippen LogP contribution in [0.2, 0.25) is 0 Å². The molecular weight excluding hydrogens is 194 g/mol. The summed E-state index contributed by atoms with van der Waals surface area (Å²) in [7, 11) is 0. The van der Waals surface area contributed by atoms with Gasteiger partial charge in [0.2, 0.25) is 0 Å². The van der Waals surface area contributed by atoms with Crippen molar-refractivity contribution >= 4 is 17.5 Å². The second-order valence-corrected chi connectivity index (χ2v) is 5.45. The summed E-state index contributed by atoms with van der Waals surface area (Å²) in [5.41, 5.74) is 0. The van der Waals surface area contributed by atoms with Crippen molar-refractivity contribution in [3.05, 3.63) is 0 Å². The van der Waals surface area contributed by atoms with Crippen molar-refractivity contribution < 1.29 is 4.79 Å². The van der Waals surface area contributed by atoms with Crippen molar-refractivity contribution in [2.24, 2.45) is 0 Å². The van der Waals surface area contributed by atoms with Crippen molar-refractivity contribution in [1.82, 2.24) is 4.90 Å². The summed E-state index contributed by atoms with van der Waals surface area (Å²) < 4.78 is 0. The van der Waals surface area contributed by atoms with E-state index in [1.807, 2.05) is 11.8 Å². The van der Waals surface area contributed by atoms with Gasteiger partial charge in [-0.3, -0.25) is 9.69 Å². The van der Waals surface area contributed by atoms with E-state index >= 15 is 0 Å². The first-order chi connectivity index (χ1) is 6.88. The molecule has 2 rings (SSSR count). The van der Waals surface area contributed by atoms with E-state index in [-0.39, 0.29) is 6.04 Å². The summed E-state index contributed by atoms with van der Waals surface area (Å²) in [5, 5.41) is 0. The van der Waals surface area contributed by atoms with Gasteiger partial charge in [0.15, 0.2) is 0 Å². The summed E-state index contributed by atoms with van der Waals surface area (Å²) >= 11 is 2.02. The molecule has 0 radical (unpaired) electrons. The summed E-state index contributed by atoms with van der Waals surface area (Å²) in [5.74, 6) is 2.93. The monoisotopic (exact) mass is 213 g/mol. The molecule has 1 saturated heterocycles. The quantitative estimate of drug-likeness (QED) is 0.621. The van der Waals surface area contributed by atoms with E-state index < -0.39 is 0 Å². The van der Waals surface area contributed by atoms with Gasteiger partial charge in [-0.15, -0.1) is 0 Å². The summed E-state index contributed by atoms with van der Waals surface area (Å²) in [6, 6.07) is 0.276. The van der Waals surface area contributed by atoms with Gasteiger partial charge < -0.3 is 0 Å². The van der Waals surface area contributed by atoms with Gasteiger partial charge in [0.25, 0.3) is 0 Å². The molecule has 1 aliphatic heterocycles. The van der Waals surface area contributed by atoms with E-state index in [4.69, 9.17) is 0 Å². The van der Waals surface area contributed by atoms with Crippen LogP contribution in [0.3, 0.4) is 0 Å². The smallest absolute Gasteiger partial charge is 0.149 e. The molecule has 2 nitrogen and oxygen atoms in total. The molecule has 3 heteroatoms. The van der Waals surface area contributed by atoms with Crippen LogP contribution >= 0.6 is 11.8 Å². The normalized spacial score (nSPS) is 31.4. The second kappa shape index (κ2) is 5.17. The van der Waals surface area contributed by atoms with Gasteiger partial charge in [0.05, 0.1) is 6.04 Å². The molecule has 2 fully saturated rings. The second-order valence-electron chi connectivity index (χ2n) is 4.23. The molecule has 1 atom stereocenters. The van der Waals surface area contributed by atoms with Gasteiger partial charge in [-0.2, -0.15) is 11.8 Å². The molecule has 0 spiro atoms. The van der Waals surface area contributed by atoms with Crippen LogP contribution in [-0.2, 0) is 4.79 Å². The number of nitrogens with zero attached hydrogens (tertiary/aromatic N) is 1. The zero-order valence-corrected chi connectivity index (χ0v) is 9.52. The molecule has 0 aromatic heterocycles. The maximum Gasteiger partial charge on any atom is 0.149 e. The van der Waals surface area contributed by atoms with Crippen molar-refractivity contribution in [2.45, 2.75) is 38.1 Å². The predicted molar refractivity (Wildman–Crippen MR) is 60.8 cm³/mol. The highest BCUT2D eigenvalue weighted by Gasteiger charge is 2.27. The minimum atomic E-state index is 0.276. The third kappa shape index (κ3) is 2.51. The van der Waals surface area contributed by atoms with Crippen LogP contribution in [0.1, 0.15) is 32.1 Å². The SMILES string of the molecule is O=C1CCCCCC1N1CCSCC1. The summed E-state index contributed by atoms with van der Waals surface area (Å²) in [6.07, 6.45) is 5.57. The first-order valence-electron chi connectivity index (χ1n) is 5.72. The van der Waals surface area contributed by atoms with Crippen molar-refractivity contribution in [3.8, 4) is 0 Å². The molecule has 1 unspecified atom stereocenters. The number of hydrogen-bond acceptors (Lipinski definition) is 3. The number of rotatable bonds is 1. The molecular formula is C11H19NOS. The predicted octanol–water partition coefficient (Wildman–Crippen LogP) is 1.94. The highest BCUT2D eigenvalue weighted by molar-refractivity contribution is 7.99. The van der Waals surface area contributed by atoms with E-state index in [0.717, 1.165) is 32.4 Å². The Kier molecular flexibility index (Phi) is 3.88. The lowest BCUT2D eigenvalue weighted by atomic mass is 10.1. The van der Waals surface area contributed by atoms with E-state index in [0.29, 0.717) is 5.78 Å². The maximum atomic E-state index is 11.9. The molecule has 1 heterocycles. The third-order valence-corrected chi connectivity index (χ3v) is 4.20. The largest absolute Gasteiger partial charge is 0.298 e. The molecule has 0 bridgehead atoms. The van der Waals surface area contributed by atoms with Crippen LogP contribution in [0.25, 0.3) is 0 Å². The summed E-state index contributed by atoms with van der Waals surface area (Å²) in [6.45, 7) is 2.25. The van der Waals surface area contributed by atoms with Gasteiger partial charge >= 0.3 is 0 Å². The Morgan fingerprint density at radius 3 is 2.71 bits per heavy atom. The first-order valence-corrected chi connectivity index (χ1v) is 6.88. The van der Waals surface area contributed by atoms with Crippen LogP contribution in [0.15, 0.2) is 0 Å². The van der Waals surface area contributed by atoms with Gasteiger partial charge in [-0.1, -0.05) is 12.8 Å². The van der Waals surface area contributed by atoms with Crippen LogP contribution in [-0.4, -0.2) is 41.3 Å². The molecule has 0 amide bonds. The average Bonchev–Trinajstić information content (AvgIpc) is 2.44. The maximum absolute atomic E-state index is 11.9. The van der Waals surface area contributed by atoms with Crippen LogP contribution in [0.4, 0.5) is 0 Å². The van der Waals surface area contributed by atoms with E-state index in [2.05, 4.69) is 4.90 Å². The van der Waals surface area contributed by atoms with Crippen molar-refractivity contribution in [1.29, 1.82) is 0 Å². The first kappa shape index (κ1) is 10.5. The molecule has 0 aromatic carbocycles. The lowest BCUT2D eigenvalue weighted by Gasteiger charge is -2.32. The molecule has 0 aromatic rings. The number of carbonyl (C=O) groups is 1. The molecule has 1 aliphatic carbocycles. The highest BCUT2D eigenvalue weighted by Crippen LogP contribution is 2.21. The topological polar surface area (TPSA) is 20.3 Å². The lowest BCUT2D eigenvalue weighted by Crippen LogP contribution is -2.45. The standard InChI is InChI=1S/C11H19NOS/c13-11-5-3-1-2-4-10(11)12-6-8-14-9-7-12/h10H,1-9H2. The Morgan fingerprint density at radius 2 is 1.93 bits per heavy atom. The zero-order chi connectivity index (χ0) is 9.80. The van der Waals surface area contributed by atoms with Gasteiger partial charge in [-0.05, 0) is 12.8 Å². The lowest BCUT2D eigenvalue weighted by molar-refractivity contribution is -0.124. The van der Waals surface area contributed by atoms with E-state index in [1.165, 1.54) is 24.3 Å². The minimum absolute atomic E-state index is 0.276. The highest BCUT2D eigenvalue weighted by atomic mass is 32.2. The Morgan fingerprint density at radius 1 is 1.14 bits per heavy atom. The number of ketones is 1. The van der Waals surface area contributed by atoms with Crippen LogP contribution < -0.4 is 0 Å².